The van der Waals surface area contributed by atoms with Crippen LogP contribution < -0.4 is 5.32 Å². The highest BCUT2D eigenvalue weighted by Crippen LogP contribution is 2.26. The zero-order valence-corrected chi connectivity index (χ0v) is 14.0. The van der Waals surface area contributed by atoms with Crippen LogP contribution in [0.25, 0.3) is 0 Å². The van der Waals surface area contributed by atoms with Crippen molar-refractivity contribution in [2.75, 3.05) is 13.6 Å². The van der Waals surface area contributed by atoms with Crippen molar-refractivity contribution in [1.82, 2.24) is 5.32 Å². The molecule has 1 N–H and O–H groups in total. The third-order valence-electron chi connectivity index (χ3n) is 3.08. The Kier molecular flexibility index (Phi) is 5.89. The van der Waals surface area contributed by atoms with Gasteiger partial charge in [0.2, 0.25) is 0 Å². The van der Waals surface area contributed by atoms with E-state index in [1.165, 1.54) is 14.9 Å². The second kappa shape index (κ2) is 7.44. The highest BCUT2D eigenvalue weighted by molar-refractivity contribution is 9.10. The van der Waals surface area contributed by atoms with Gasteiger partial charge >= 0.3 is 0 Å². The lowest BCUT2D eigenvalue weighted by Gasteiger charge is -2.16. The molecule has 0 bridgehead atoms. The number of nitrogens with one attached hydrogen (secondary N) is 1. The largest absolute Gasteiger partial charge is 0.319 e. The van der Waals surface area contributed by atoms with Gasteiger partial charge in [0.25, 0.3) is 0 Å². The van der Waals surface area contributed by atoms with Crippen LogP contribution in [0.3, 0.4) is 0 Å². The molecule has 0 amide bonds. The molecule has 0 radical (unpaired) electrons. The Hall–Kier alpha value is -0.350. The SMILES string of the molecule is CNCC(Cc1ccc(Cl)s1)Cc1ccccc1Br. The summed E-state index contributed by atoms with van der Waals surface area (Å²) in [4.78, 5) is 1.36. The summed E-state index contributed by atoms with van der Waals surface area (Å²) in [6, 6.07) is 12.6. The van der Waals surface area contributed by atoms with Gasteiger partial charge in [0.05, 0.1) is 4.34 Å². The number of hydrogen-bond donors (Lipinski definition) is 1. The third kappa shape index (κ3) is 4.60. The Balaban J connectivity index is 2.06. The van der Waals surface area contributed by atoms with Crippen molar-refractivity contribution in [3.05, 3.63) is 55.6 Å². The lowest BCUT2D eigenvalue weighted by atomic mass is 9.95. The molecule has 19 heavy (non-hydrogen) atoms. The molecule has 1 heterocycles. The summed E-state index contributed by atoms with van der Waals surface area (Å²) in [6.07, 6.45) is 2.14. The average molecular weight is 359 g/mol. The maximum atomic E-state index is 6.00. The Morgan fingerprint density at radius 1 is 1.21 bits per heavy atom. The van der Waals surface area contributed by atoms with Crippen molar-refractivity contribution in [2.45, 2.75) is 12.8 Å². The molecule has 0 fully saturated rings. The topological polar surface area (TPSA) is 12.0 Å². The van der Waals surface area contributed by atoms with E-state index in [1.807, 2.05) is 13.1 Å². The van der Waals surface area contributed by atoms with E-state index in [2.05, 4.69) is 51.6 Å². The highest BCUT2D eigenvalue weighted by atomic mass is 79.9. The molecule has 1 unspecified atom stereocenters. The fraction of sp³-hybridized carbons (Fsp3) is 0.333. The van der Waals surface area contributed by atoms with Crippen molar-refractivity contribution in [3.8, 4) is 0 Å². The molecule has 0 aliphatic rings. The number of thiophene rings is 1. The fourth-order valence-corrected chi connectivity index (χ4v) is 3.87. The van der Waals surface area contributed by atoms with Crippen LogP contribution in [-0.2, 0) is 12.8 Å². The molecule has 0 spiro atoms. The molecule has 102 valence electrons. The minimum Gasteiger partial charge on any atom is -0.319 e. The van der Waals surface area contributed by atoms with E-state index in [9.17, 15) is 0 Å². The van der Waals surface area contributed by atoms with E-state index >= 15 is 0 Å². The molecule has 2 aromatic rings. The molecule has 1 atom stereocenters. The first-order valence-electron chi connectivity index (χ1n) is 6.31. The van der Waals surface area contributed by atoms with Gasteiger partial charge in [0.15, 0.2) is 0 Å². The van der Waals surface area contributed by atoms with Gasteiger partial charge < -0.3 is 5.32 Å². The van der Waals surface area contributed by atoms with Crippen LogP contribution in [0.15, 0.2) is 40.9 Å². The van der Waals surface area contributed by atoms with Crippen molar-refractivity contribution in [1.29, 1.82) is 0 Å². The minimum atomic E-state index is 0.582. The van der Waals surface area contributed by atoms with Gasteiger partial charge in [0, 0.05) is 9.35 Å². The smallest absolute Gasteiger partial charge is 0.0931 e. The van der Waals surface area contributed by atoms with Crippen molar-refractivity contribution in [2.24, 2.45) is 5.92 Å². The summed E-state index contributed by atoms with van der Waals surface area (Å²) in [5, 5.41) is 3.29. The van der Waals surface area contributed by atoms with Crippen LogP contribution >= 0.6 is 38.9 Å². The Labute approximate surface area is 132 Å². The van der Waals surface area contributed by atoms with E-state index in [0.717, 1.165) is 23.7 Å². The maximum absolute atomic E-state index is 6.00. The highest BCUT2D eigenvalue weighted by Gasteiger charge is 2.13. The van der Waals surface area contributed by atoms with E-state index in [4.69, 9.17) is 11.6 Å². The number of halogens is 2. The molecule has 2 rings (SSSR count). The zero-order chi connectivity index (χ0) is 13.7. The van der Waals surface area contributed by atoms with Crippen LogP contribution in [0.1, 0.15) is 10.4 Å². The predicted octanol–water partition coefficient (Wildman–Crippen LogP) is 4.78. The van der Waals surface area contributed by atoms with Crippen LogP contribution in [0, 0.1) is 5.92 Å². The van der Waals surface area contributed by atoms with Crippen LogP contribution in [-0.4, -0.2) is 13.6 Å². The van der Waals surface area contributed by atoms with Crippen LogP contribution in [0.4, 0.5) is 0 Å². The number of benzene rings is 1. The van der Waals surface area contributed by atoms with Gasteiger partial charge in [-0.05, 0) is 56.1 Å². The first-order valence-corrected chi connectivity index (χ1v) is 8.30. The van der Waals surface area contributed by atoms with Gasteiger partial charge in [-0.25, -0.2) is 0 Å². The third-order valence-corrected chi connectivity index (χ3v) is 5.11. The molecule has 1 nitrogen and oxygen atoms in total. The minimum absolute atomic E-state index is 0.582. The number of rotatable bonds is 6. The van der Waals surface area contributed by atoms with Gasteiger partial charge in [-0.2, -0.15) is 0 Å². The molecule has 0 aliphatic carbocycles. The average Bonchev–Trinajstić information content (AvgIpc) is 2.78. The quantitative estimate of drug-likeness (QED) is 0.783. The lowest BCUT2D eigenvalue weighted by Crippen LogP contribution is -2.22. The first kappa shape index (κ1) is 15.0. The zero-order valence-electron chi connectivity index (χ0n) is 10.8. The Bertz CT molecular complexity index is 526. The number of hydrogen-bond acceptors (Lipinski definition) is 2. The van der Waals surface area contributed by atoms with E-state index in [1.54, 1.807) is 11.3 Å². The van der Waals surface area contributed by atoms with Gasteiger partial charge in [-0.3, -0.25) is 0 Å². The van der Waals surface area contributed by atoms with Gasteiger partial charge in [-0.15, -0.1) is 11.3 Å². The van der Waals surface area contributed by atoms with Crippen molar-refractivity contribution in [3.63, 3.8) is 0 Å². The second-order valence-corrected chi connectivity index (χ2v) is 7.28. The lowest BCUT2D eigenvalue weighted by molar-refractivity contribution is 0.496. The maximum Gasteiger partial charge on any atom is 0.0931 e. The fourth-order valence-electron chi connectivity index (χ4n) is 2.23. The first-order chi connectivity index (χ1) is 9.19. The summed E-state index contributed by atoms with van der Waals surface area (Å²) in [7, 11) is 2.01. The second-order valence-electron chi connectivity index (χ2n) is 4.63. The molecule has 0 saturated carbocycles. The summed E-state index contributed by atoms with van der Waals surface area (Å²) >= 11 is 11.3. The van der Waals surface area contributed by atoms with E-state index in [-0.39, 0.29) is 0 Å². The van der Waals surface area contributed by atoms with Gasteiger partial charge in [-0.1, -0.05) is 45.7 Å². The molecular formula is C15H17BrClNS. The monoisotopic (exact) mass is 357 g/mol. The summed E-state index contributed by atoms with van der Waals surface area (Å²) in [5.74, 6) is 0.582. The van der Waals surface area contributed by atoms with Crippen LogP contribution in [0.5, 0.6) is 0 Å². The normalized spacial score (nSPS) is 12.6. The Morgan fingerprint density at radius 2 is 2.00 bits per heavy atom. The Morgan fingerprint density at radius 3 is 2.63 bits per heavy atom. The standard InChI is InChI=1S/C15H17BrClNS/c1-18-10-11(9-13-6-7-15(17)19-13)8-12-4-2-3-5-14(12)16/h2-7,11,18H,8-10H2,1H3. The molecule has 1 aromatic carbocycles. The molecule has 0 aliphatic heterocycles. The summed E-state index contributed by atoms with van der Waals surface area (Å²) in [6.45, 7) is 1.01. The van der Waals surface area contributed by atoms with Crippen molar-refractivity contribution >= 4 is 38.9 Å². The summed E-state index contributed by atoms with van der Waals surface area (Å²) < 4.78 is 2.07. The summed E-state index contributed by atoms with van der Waals surface area (Å²) in [5.41, 5.74) is 1.37. The van der Waals surface area contributed by atoms with Crippen molar-refractivity contribution < 1.29 is 0 Å². The van der Waals surface area contributed by atoms with Crippen LogP contribution in [0.2, 0.25) is 4.34 Å². The molecule has 0 saturated heterocycles. The molecule has 1 aromatic heterocycles. The predicted molar refractivity (Wildman–Crippen MR) is 88.3 cm³/mol. The van der Waals surface area contributed by atoms with E-state index < -0.39 is 0 Å². The van der Waals surface area contributed by atoms with Gasteiger partial charge in [0.1, 0.15) is 0 Å². The molecular weight excluding hydrogens is 342 g/mol. The molecule has 4 heteroatoms. The van der Waals surface area contributed by atoms with E-state index in [0.29, 0.717) is 5.92 Å².